The van der Waals surface area contributed by atoms with Crippen molar-refractivity contribution in [2.45, 2.75) is 31.7 Å². The van der Waals surface area contributed by atoms with Crippen LogP contribution < -0.4 is 10.9 Å². The summed E-state index contributed by atoms with van der Waals surface area (Å²) in [5.74, 6) is -0.524. The lowest BCUT2D eigenvalue weighted by Crippen LogP contribution is -2.40. The quantitative estimate of drug-likeness (QED) is 0.820. The predicted octanol–water partition coefficient (Wildman–Crippen LogP) is 2.91. The van der Waals surface area contributed by atoms with E-state index < -0.39 is 34.8 Å². The molecule has 2 aromatic rings. The molecule has 1 amide bonds. The van der Waals surface area contributed by atoms with Gasteiger partial charge in [-0.1, -0.05) is 41.9 Å². The molecule has 0 aliphatic carbocycles. The lowest BCUT2D eigenvalue weighted by Gasteiger charge is -2.17. The average molecular weight is 414 g/mol. The number of carbonyl (C=O) groups is 1. The van der Waals surface area contributed by atoms with Crippen LogP contribution in [-0.4, -0.2) is 34.5 Å². The van der Waals surface area contributed by atoms with Crippen molar-refractivity contribution < 1.29 is 18.0 Å². The van der Waals surface area contributed by atoms with E-state index in [1.807, 2.05) is 30.3 Å². The Labute approximate surface area is 164 Å². The summed E-state index contributed by atoms with van der Waals surface area (Å²) in [4.78, 5) is 26.4. The number of hydrogen-bond acceptors (Lipinski definition) is 3. The van der Waals surface area contributed by atoms with Gasteiger partial charge in [0.1, 0.15) is 11.6 Å². The molecule has 0 radical (unpaired) electrons. The molecule has 1 fully saturated rings. The fourth-order valence-corrected chi connectivity index (χ4v) is 3.46. The van der Waals surface area contributed by atoms with E-state index in [2.05, 4.69) is 10.2 Å². The molecule has 1 unspecified atom stereocenters. The number of likely N-dealkylation sites (tertiary alicyclic amines) is 1. The third-order valence-corrected chi connectivity index (χ3v) is 4.84. The molecule has 0 bridgehead atoms. The molecule has 3 rings (SSSR count). The van der Waals surface area contributed by atoms with Gasteiger partial charge < -0.3 is 9.88 Å². The maximum absolute atomic E-state index is 12.9. The Balaban J connectivity index is 1.59. The Morgan fingerprint density at radius 1 is 1.25 bits per heavy atom. The van der Waals surface area contributed by atoms with Crippen LogP contribution >= 0.6 is 11.6 Å². The second kappa shape index (κ2) is 8.36. The molecule has 1 aliphatic heterocycles. The van der Waals surface area contributed by atoms with Crippen molar-refractivity contribution in [1.82, 2.24) is 14.8 Å². The van der Waals surface area contributed by atoms with E-state index in [1.54, 1.807) is 0 Å². The number of hydrogen-bond donors (Lipinski definition) is 1. The van der Waals surface area contributed by atoms with E-state index in [1.165, 1.54) is 5.56 Å². The fraction of sp³-hybridized carbons (Fsp3) is 0.368. The molecule has 5 nitrogen and oxygen atoms in total. The summed E-state index contributed by atoms with van der Waals surface area (Å²) in [7, 11) is 0. The first kappa shape index (κ1) is 20.4. The summed E-state index contributed by atoms with van der Waals surface area (Å²) >= 11 is 5.60. The molecular weight excluding hydrogens is 395 g/mol. The molecule has 1 aliphatic rings. The van der Waals surface area contributed by atoms with Gasteiger partial charge in [-0.2, -0.15) is 13.2 Å². The normalized spacial score (nSPS) is 17.6. The monoisotopic (exact) mass is 413 g/mol. The van der Waals surface area contributed by atoms with Gasteiger partial charge in [0.05, 0.1) is 5.56 Å². The first-order valence-electron chi connectivity index (χ1n) is 8.75. The molecule has 1 atom stereocenters. The number of aromatic nitrogens is 1. The van der Waals surface area contributed by atoms with Crippen LogP contribution in [0.1, 0.15) is 17.5 Å². The Kier molecular flexibility index (Phi) is 6.10. The van der Waals surface area contributed by atoms with Gasteiger partial charge in [0.2, 0.25) is 5.91 Å². The highest BCUT2D eigenvalue weighted by Crippen LogP contribution is 2.29. The molecule has 1 N–H and O–H groups in total. The number of rotatable bonds is 5. The van der Waals surface area contributed by atoms with Gasteiger partial charge in [0.25, 0.3) is 5.56 Å². The smallest absolute Gasteiger partial charge is 0.350 e. The molecule has 1 saturated heterocycles. The predicted molar refractivity (Wildman–Crippen MR) is 99.0 cm³/mol. The van der Waals surface area contributed by atoms with Crippen LogP contribution in [0.5, 0.6) is 0 Å². The van der Waals surface area contributed by atoms with E-state index in [4.69, 9.17) is 11.6 Å². The minimum atomic E-state index is -4.65. The third kappa shape index (κ3) is 5.14. The van der Waals surface area contributed by atoms with Gasteiger partial charge in [0.15, 0.2) is 0 Å². The Morgan fingerprint density at radius 3 is 2.64 bits per heavy atom. The maximum Gasteiger partial charge on any atom is 0.417 e. The van der Waals surface area contributed by atoms with Crippen LogP contribution in [0.15, 0.2) is 47.4 Å². The number of nitrogens with one attached hydrogen (secondary N) is 1. The summed E-state index contributed by atoms with van der Waals surface area (Å²) < 4.78 is 39.4. The molecule has 2 heterocycles. The summed E-state index contributed by atoms with van der Waals surface area (Å²) in [5.41, 5.74) is -0.735. The zero-order chi connectivity index (χ0) is 20.3. The Morgan fingerprint density at radius 2 is 1.96 bits per heavy atom. The number of alkyl halides is 3. The number of carbonyl (C=O) groups excluding carboxylic acids is 1. The van der Waals surface area contributed by atoms with Crippen LogP contribution in [0.25, 0.3) is 0 Å². The highest BCUT2D eigenvalue weighted by Gasteiger charge is 2.32. The third-order valence-electron chi connectivity index (χ3n) is 4.57. The van der Waals surface area contributed by atoms with E-state index in [9.17, 15) is 22.8 Å². The molecule has 28 heavy (non-hydrogen) atoms. The second-order valence-electron chi connectivity index (χ2n) is 6.78. The molecule has 0 spiro atoms. The van der Waals surface area contributed by atoms with E-state index in [0.29, 0.717) is 23.4 Å². The molecule has 1 aromatic heterocycles. The minimum absolute atomic E-state index is 0.117. The first-order valence-corrected chi connectivity index (χ1v) is 9.13. The fourth-order valence-electron chi connectivity index (χ4n) is 3.24. The van der Waals surface area contributed by atoms with Gasteiger partial charge in [0, 0.05) is 31.9 Å². The number of benzene rings is 1. The molecule has 150 valence electrons. The van der Waals surface area contributed by atoms with Crippen LogP contribution in [0.4, 0.5) is 13.2 Å². The van der Waals surface area contributed by atoms with Crippen LogP contribution in [0.2, 0.25) is 5.02 Å². The van der Waals surface area contributed by atoms with Gasteiger partial charge in [-0.15, -0.1) is 0 Å². The maximum atomic E-state index is 12.9. The van der Waals surface area contributed by atoms with Crippen molar-refractivity contribution in [3.63, 3.8) is 0 Å². The number of amides is 1. The zero-order valence-corrected chi connectivity index (χ0v) is 15.6. The van der Waals surface area contributed by atoms with Crippen molar-refractivity contribution in [1.29, 1.82) is 0 Å². The standard InChI is InChI=1S/C19H19ClF3N3O2/c20-16-8-14(19(21,22)23)10-26(18(16)28)12-17(27)24-15-6-7-25(11-15)9-13-4-2-1-3-5-13/h1-5,8,10,15H,6-7,9,11-12H2,(H,24,27). The summed E-state index contributed by atoms with van der Waals surface area (Å²) in [6.45, 7) is 1.68. The van der Waals surface area contributed by atoms with Gasteiger partial charge in [-0.25, -0.2) is 0 Å². The van der Waals surface area contributed by atoms with E-state index in [0.717, 1.165) is 19.5 Å². The Bertz CT molecular complexity index is 900. The SMILES string of the molecule is O=C(Cn1cc(C(F)(F)F)cc(Cl)c1=O)NC1CCN(Cc2ccccc2)C1. The van der Waals surface area contributed by atoms with Gasteiger partial charge in [-0.05, 0) is 18.1 Å². The topological polar surface area (TPSA) is 54.3 Å². The van der Waals surface area contributed by atoms with Crippen molar-refractivity contribution >= 4 is 17.5 Å². The number of pyridine rings is 1. The molecule has 9 heteroatoms. The van der Waals surface area contributed by atoms with Crippen LogP contribution in [0.3, 0.4) is 0 Å². The molecule has 0 saturated carbocycles. The zero-order valence-electron chi connectivity index (χ0n) is 14.9. The first-order chi connectivity index (χ1) is 13.2. The highest BCUT2D eigenvalue weighted by molar-refractivity contribution is 6.30. The number of halogens is 4. The average Bonchev–Trinajstić information content (AvgIpc) is 3.05. The summed E-state index contributed by atoms with van der Waals surface area (Å²) in [6, 6.07) is 10.4. The van der Waals surface area contributed by atoms with Crippen molar-refractivity contribution in [2.75, 3.05) is 13.1 Å². The minimum Gasteiger partial charge on any atom is -0.350 e. The van der Waals surface area contributed by atoms with E-state index in [-0.39, 0.29) is 6.04 Å². The Hall–Kier alpha value is -2.32. The van der Waals surface area contributed by atoms with Crippen molar-refractivity contribution in [2.24, 2.45) is 0 Å². The number of nitrogens with zero attached hydrogens (tertiary/aromatic N) is 2. The molecule has 1 aromatic carbocycles. The van der Waals surface area contributed by atoms with Crippen molar-refractivity contribution in [3.8, 4) is 0 Å². The summed E-state index contributed by atoms with van der Waals surface area (Å²) in [5, 5.41) is 2.21. The largest absolute Gasteiger partial charge is 0.417 e. The highest BCUT2D eigenvalue weighted by atomic mass is 35.5. The van der Waals surface area contributed by atoms with Gasteiger partial charge >= 0.3 is 6.18 Å². The summed E-state index contributed by atoms with van der Waals surface area (Å²) in [6.07, 6.45) is -3.31. The van der Waals surface area contributed by atoms with E-state index >= 15 is 0 Å². The lowest BCUT2D eigenvalue weighted by atomic mass is 10.2. The van der Waals surface area contributed by atoms with Crippen LogP contribution in [0, 0.1) is 0 Å². The van der Waals surface area contributed by atoms with Gasteiger partial charge in [-0.3, -0.25) is 14.5 Å². The lowest BCUT2D eigenvalue weighted by molar-refractivity contribution is -0.138. The second-order valence-corrected chi connectivity index (χ2v) is 7.19. The van der Waals surface area contributed by atoms with Crippen LogP contribution in [-0.2, 0) is 24.1 Å². The van der Waals surface area contributed by atoms with Crippen molar-refractivity contribution in [3.05, 3.63) is 69.1 Å². The molecular formula is C19H19ClF3N3O2.